The first-order chi connectivity index (χ1) is 15.9. The van der Waals surface area contributed by atoms with E-state index in [2.05, 4.69) is 5.32 Å². The van der Waals surface area contributed by atoms with E-state index in [1.54, 1.807) is 54.1 Å². The van der Waals surface area contributed by atoms with Gasteiger partial charge in [-0.1, -0.05) is 24.3 Å². The van der Waals surface area contributed by atoms with Gasteiger partial charge in [-0.05, 0) is 35.9 Å². The number of pyridine rings is 1. The Labute approximate surface area is 186 Å². The van der Waals surface area contributed by atoms with Crippen LogP contribution in [0.15, 0.2) is 71.5 Å². The monoisotopic (exact) mass is 443 g/mol. The number of nitro benzene ring substituents is 1. The largest absolute Gasteiger partial charge is 0.454 e. The summed E-state index contributed by atoms with van der Waals surface area (Å²) in [4.78, 5) is 37.2. The number of rotatable bonds is 4. The van der Waals surface area contributed by atoms with Gasteiger partial charge in [0.25, 0.3) is 11.6 Å². The van der Waals surface area contributed by atoms with Gasteiger partial charge in [0.2, 0.25) is 6.79 Å². The van der Waals surface area contributed by atoms with Gasteiger partial charge in [0.15, 0.2) is 16.9 Å². The molecule has 3 aromatic carbocycles. The van der Waals surface area contributed by atoms with Crippen LogP contribution in [-0.4, -0.2) is 22.2 Å². The van der Waals surface area contributed by atoms with Crippen LogP contribution in [0, 0.1) is 10.1 Å². The molecule has 1 N–H and O–H groups in total. The third-order valence-corrected chi connectivity index (χ3v) is 5.52. The Balaban J connectivity index is 1.69. The summed E-state index contributed by atoms with van der Waals surface area (Å²) in [6, 6.07) is 17.6. The molecular weight excluding hydrogens is 426 g/mol. The number of hydrogen-bond acceptors (Lipinski definition) is 6. The second kappa shape index (κ2) is 7.79. The molecule has 0 spiro atoms. The van der Waals surface area contributed by atoms with Crippen molar-refractivity contribution >= 4 is 28.3 Å². The number of nitrogens with one attached hydrogen (secondary N) is 1. The van der Waals surface area contributed by atoms with Gasteiger partial charge in [0.05, 0.1) is 16.0 Å². The number of para-hydroxylation sites is 1. The molecule has 164 valence electrons. The molecule has 0 radical (unpaired) electrons. The summed E-state index contributed by atoms with van der Waals surface area (Å²) >= 11 is 0. The molecule has 1 amide bonds. The minimum absolute atomic E-state index is 0.0882. The molecule has 0 fully saturated rings. The number of ether oxygens (including phenoxy) is 2. The second-order valence-electron chi connectivity index (χ2n) is 7.46. The standard InChI is InChI=1S/C24H17N3O6/c1-26-18-8-3-2-7-17(18)22(28)21(14-9-10-19-20(12-14)33-13-32-19)23(26)25-24(29)15-5-4-6-16(11-15)27(30)31/h2-12H,13H2,1H3,(H,25,29). The van der Waals surface area contributed by atoms with Gasteiger partial charge in [0.1, 0.15) is 5.82 Å². The van der Waals surface area contributed by atoms with Crippen molar-refractivity contribution in [2.45, 2.75) is 0 Å². The number of fused-ring (bicyclic) bond motifs is 2. The van der Waals surface area contributed by atoms with Crippen molar-refractivity contribution in [2.75, 3.05) is 12.1 Å². The van der Waals surface area contributed by atoms with Crippen LogP contribution < -0.4 is 20.2 Å². The van der Waals surface area contributed by atoms with Crippen molar-refractivity contribution < 1.29 is 19.2 Å². The molecule has 33 heavy (non-hydrogen) atoms. The number of anilines is 1. The molecule has 1 aliphatic rings. The Kier molecular flexibility index (Phi) is 4.78. The van der Waals surface area contributed by atoms with Gasteiger partial charge in [-0.25, -0.2) is 0 Å². The van der Waals surface area contributed by atoms with Gasteiger partial charge in [-0.2, -0.15) is 0 Å². The number of carbonyl (C=O) groups is 1. The number of aryl methyl sites for hydroxylation is 1. The molecule has 5 rings (SSSR count). The van der Waals surface area contributed by atoms with E-state index in [0.29, 0.717) is 28.0 Å². The third-order valence-electron chi connectivity index (χ3n) is 5.52. The fraction of sp³-hybridized carbons (Fsp3) is 0.0833. The summed E-state index contributed by atoms with van der Waals surface area (Å²) < 4.78 is 12.5. The Hall–Kier alpha value is -4.66. The number of nitrogens with zero attached hydrogens (tertiary/aromatic N) is 2. The first-order valence-electron chi connectivity index (χ1n) is 10.0. The van der Waals surface area contributed by atoms with Crippen molar-refractivity contribution in [2.24, 2.45) is 7.05 Å². The van der Waals surface area contributed by atoms with E-state index in [1.807, 2.05) is 0 Å². The molecule has 1 aromatic heterocycles. The van der Waals surface area contributed by atoms with Crippen LogP contribution in [0.1, 0.15) is 10.4 Å². The van der Waals surface area contributed by atoms with Crippen molar-refractivity contribution in [3.05, 3.63) is 92.6 Å². The minimum atomic E-state index is -0.578. The molecule has 1 aliphatic heterocycles. The lowest BCUT2D eigenvalue weighted by Crippen LogP contribution is -2.21. The van der Waals surface area contributed by atoms with Crippen LogP contribution in [0.4, 0.5) is 11.5 Å². The first-order valence-corrected chi connectivity index (χ1v) is 10.0. The number of benzene rings is 3. The third kappa shape index (κ3) is 3.45. The molecule has 0 unspecified atom stereocenters. The number of amides is 1. The van der Waals surface area contributed by atoms with Gasteiger partial charge in [0, 0.05) is 30.1 Å². The van der Waals surface area contributed by atoms with Crippen LogP contribution in [0.25, 0.3) is 22.0 Å². The van der Waals surface area contributed by atoms with E-state index in [4.69, 9.17) is 9.47 Å². The van der Waals surface area contributed by atoms with Gasteiger partial charge >= 0.3 is 0 Å². The summed E-state index contributed by atoms with van der Waals surface area (Å²) in [6.45, 7) is 0.0882. The fourth-order valence-electron chi connectivity index (χ4n) is 3.90. The predicted molar refractivity (Wildman–Crippen MR) is 122 cm³/mol. The fourth-order valence-corrected chi connectivity index (χ4v) is 3.90. The summed E-state index contributed by atoms with van der Waals surface area (Å²) in [5, 5.41) is 14.4. The Morgan fingerprint density at radius 1 is 1.03 bits per heavy atom. The van der Waals surface area contributed by atoms with E-state index in [9.17, 15) is 19.7 Å². The summed E-state index contributed by atoms with van der Waals surface area (Å²) in [5.41, 5.74) is 1.07. The molecule has 0 saturated heterocycles. The maximum atomic E-state index is 13.5. The highest BCUT2D eigenvalue weighted by Gasteiger charge is 2.22. The molecule has 9 nitrogen and oxygen atoms in total. The highest BCUT2D eigenvalue weighted by atomic mass is 16.7. The lowest BCUT2D eigenvalue weighted by Gasteiger charge is -2.18. The molecule has 4 aromatic rings. The lowest BCUT2D eigenvalue weighted by atomic mass is 10.0. The maximum Gasteiger partial charge on any atom is 0.270 e. The van der Waals surface area contributed by atoms with Crippen molar-refractivity contribution in [1.29, 1.82) is 0 Å². The molecule has 9 heteroatoms. The number of nitro groups is 1. The van der Waals surface area contributed by atoms with Gasteiger partial charge in [-0.15, -0.1) is 0 Å². The van der Waals surface area contributed by atoms with Gasteiger partial charge in [-0.3, -0.25) is 19.7 Å². The van der Waals surface area contributed by atoms with E-state index < -0.39 is 10.8 Å². The van der Waals surface area contributed by atoms with Crippen molar-refractivity contribution in [3.8, 4) is 22.6 Å². The average Bonchev–Trinajstić information content (AvgIpc) is 3.30. The second-order valence-corrected chi connectivity index (χ2v) is 7.46. The van der Waals surface area contributed by atoms with Crippen LogP contribution in [0.3, 0.4) is 0 Å². The predicted octanol–water partition coefficient (Wildman–Crippen LogP) is 4.09. The van der Waals surface area contributed by atoms with Crippen LogP contribution >= 0.6 is 0 Å². The van der Waals surface area contributed by atoms with Crippen LogP contribution in [0.5, 0.6) is 11.5 Å². The molecule has 0 atom stereocenters. The van der Waals surface area contributed by atoms with Crippen LogP contribution in [-0.2, 0) is 7.05 Å². The van der Waals surface area contributed by atoms with E-state index >= 15 is 0 Å². The van der Waals surface area contributed by atoms with E-state index in [1.165, 1.54) is 24.3 Å². The zero-order valence-electron chi connectivity index (χ0n) is 17.4. The van der Waals surface area contributed by atoms with Crippen molar-refractivity contribution in [3.63, 3.8) is 0 Å². The summed E-state index contributed by atoms with van der Waals surface area (Å²) in [6.07, 6.45) is 0. The smallest absolute Gasteiger partial charge is 0.270 e. The molecular formula is C24H17N3O6. The number of hydrogen-bond donors (Lipinski definition) is 1. The minimum Gasteiger partial charge on any atom is -0.454 e. The number of non-ortho nitro benzene ring substituents is 1. The molecule has 0 aliphatic carbocycles. The molecule has 2 heterocycles. The zero-order valence-corrected chi connectivity index (χ0v) is 17.4. The Morgan fingerprint density at radius 2 is 1.82 bits per heavy atom. The van der Waals surface area contributed by atoms with Crippen molar-refractivity contribution in [1.82, 2.24) is 4.57 Å². The summed E-state index contributed by atoms with van der Waals surface area (Å²) in [5.74, 6) is 0.747. The molecule has 0 bridgehead atoms. The topological polar surface area (TPSA) is 113 Å². The number of aromatic nitrogens is 1. The zero-order chi connectivity index (χ0) is 23.1. The first kappa shape index (κ1) is 20.3. The SMILES string of the molecule is Cn1c(NC(=O)c2cccc([N+](=O)[O-])c2)c(-c2ccc3c(c2)OCO3)c(=O)c2ccccc21. The van der Waals surface area contributed by atoms with Gasteiger partial charge < -0.3 is 19.4 Å². The quantitative estimate of drug-likeness (QED) is 0.375. The highest BCUT2D eigenvalue weighted by Crippen LogP contribution is 2.37. The normalized spacial score (nSPS) is 12.0. The lowest BCUT2D eigenvalue weighted by molar-refractivity contribution is -0.384. The number of carbonyl (C=O) groups excluding carboxylic acids is 1. The van der Waals surface area contributed by atoms with E-state index in [0.717, 1.165) is 0 Å². The molecule has 0 saturated carbocycles. The van der Waals surface area contributed by atoms with E-state index in [-0.39, 0.29) is 34.9 Å². The maximum absolute atomic E-state index is 13.5. The Bertz CT molecular complexity index is 1510. The average molecular weight is 443 g/mol. The van der Waals surface area contributed by atoms with Crippen LogP contribution in [0.2, 0.25) is 0 Å². The summed E-state index contributed by atoms with van der Waals surface area (Å²) in [7, 11) is 1.74. The highest BCUT2D eigenvalue weighted by molar-refractivity contribution is 6.07. The Morgan fingerprint density at radius 3 is 2.64 bits per heavy atom.